The maximum Gasteiger partial charge on any atom is 0.335 e. The molecule has 0 heterocycles. The van der Waals surface area contributed by atoms with Crippen LogP contribution in [0.4, 0.5) is 0 Å². The van der Waals surface area contributed by atoms with E-state index in [9.17, 15) is 4.79 Å². The minimum atomic E-state index is -0.914. The van der Waals surface area contributed by atoms with E-state index in [1.807, 2.05) is 37.4 Å². The monoisotopic (exact) mass is 280 g/mol. The van der Waals surface area contributed by atoms with Gasteiger partial charge in [0.2, 0.25) is 0 Å². The molecule has 0 atom stereocenters. The molecule has 0 unspecified atom stereocenters. The predicted octanol–water partition coefficient (Wildman–Crippen LogP) is 2.89. The lowest BCUT2D eigenvalue weighted by molar-refractivity contribution is 0.0697. The van der Waals surface area contributed by atoms with Crippen LogP contribution in [0.1, 0.15) is 27.0 Å². The molecular formula is C17H16N2O2. The number of carboxylic acids is 1. The van der Waals surface area contributed by atoms with Crippen LogP contribution in [-0.4, -0.2) is 23.0 Å². The van der Waals surface area contributed by atoms with Crippen LogP contribution in [0.25, 0.3) is 0 Å². The highest BCUT2D eigenvalue weighted by atomic mass is 16.4. The van der Waals surface area contributed by atoms with Gasteiger partial charge in [-0.05, 0) is 42.4 Å². The van der Waals surface area contributed by atoms with Crippen molar-refractivity contribution in [1.82, 2.24) is 4.90 Å². The van der Waals surface area contributed by atoms with E-state index in [0.29, 0.717) is 11.1 Å². The summed E-state index contributed by atoms with van der Waals surface area (Å²) < 4.78 is 0. The van der Waals surface area contributed by atoms with Crippen molar-refractivity contribution in [1.29, 1.82) is 5.26 Å². The molecular weight excluding hydrogens is 264 g/mol. The average molecular weight is 280 g/mol. The van der Waals surface area contributed by atoms with E-state index in [1.165, 1.54) is 0 Å². The first-order valence-electron chi connectivity index (χ1n) is 6.58. The van der Waals surface area contributed by atoms with Crippen molar-refractivity contribution in [2.45, 2.75) is 13.1 Å². The van der Waals surface area contributed by atoms with Crippen molar-refractivity contribution in [3.8, 4) is 6.07 Å². The number of hydrogen-bond donors (Lipinski definition) is 1. The summed E-state index contributed by atoms with van der Waals surface area (Å²) in [5.74, 6) is -0.914. The fourth-order valence-corrected chi connectivity index (χ4v) is 2.17. The van der Waals surface area contributed by atoms with Crippen LogP contribution < -0.4 is 0 Å². The lowest BCUT2D eigenvalue weighted by Gasteiger charge is -2.17. The Morgan fingerprint density at radius 3 is 2.43 bits per heavy atom. The molecule has 4 heteroatoms. The highest BCUT2D eigenvalue weighted by Crippen LogP contribution is 2.11. The molecule has 1 N–H and O–H groups in total. The van der Waals surface area contributed by atoms with Crippen LogP contribution >= 0.6 is 0 Å². The summed E-state index contributed by atoms with van der Waals surface area (Å²) in [6.45, 7) is 1.45. The molecule has 2 rings (SSSR count). The Morgan fingerprint density at radius 1 is 1.14 bits per heavy atom. The maximum absolute atomic E-state index is 10.8. The summed E-state index contributed by atoms with van der Waals surface area (Å²) >= 11 is 0. The van der Waals surface area contributed by atoms with Gasteiger partial charge < -0.3 is 5.11 Å². The summed E-state index contributed by atoms with van der Waals surface area (Å²) in [6, 6.07) is 16.5. The zero-order valence-corrected chi connectivity index (χ0v) is 11.8. The molecule has 0 aliphatic heterocycles. The third-order valence-corrected chi connectivity index (χ3v) is 3.16. The maximum atomic E-state index is 10.8. The standard InChI is InChI=1S/C17H16N2O2/c1-19(12-15-4-2-3-14(9-15)10-18)11-13-5-7-16(8-6-13)17(20)21/h2-9H,11-12H2,1H3,(H,20,21). The first-order chi connectivity index (χ1) is 10.1. The quantitative estimate of drug-likeness (QED) is 0.914. The first-order valence-corrected chi connectivity index (χ1v) is 6.58. The van der Waals surface area contributed by atoms with Gasteiger partial charge in [-0.2, -0.15) is 5.26 Å². The molecule has 0 fully saturated rings. The number of hydrogen-bond acceptors (Lipinski definition) is 3. The number of nitriles is 1. The largest absolute Gasteiger partial charge is 0.478 e. The number of aromatic carboxylic acids is 1. The van der Waals surface area contributed by atoms with Crippen molar-refractivity contribution in [2.24, 2.45) is 0 Å². The summed E-state index contributed by atoms with van der Waals surface area (Å²) in [7, 11) is 1.99. The third kappa shape index (κ3) is 4.16. The summed E-state index contributed by atoms with van der Waals surface area (Å²) in [5, 5.41) is 17.8. The van der Waals surface area contributed by atoms with E-state index in [1.54, 1.807) is 18.2 Å². The Balaban J connectivity index is 1.99. The fourth-order valence-electron chi connectivity index (χ4n) is 2.17. The highest BCUT2D eigenvalue weighted by molar-refractivity contribution is 5.87. The van der Waals surface area contributed by atoms with Crippen LogP contribution in [0.5, 0.6) is 0 Å². The topological polar surface area (TPSA) is 64.3 Å². The molecule has 0 aliphatic rings. The first kappa shape index (κ1) is 14.8. The van der Waals surface area contributed by atoms with Gasteiger partial charge in [-0.25, -0.2) is 4.79 Å². The van der Waals surface area contributed by atoms with Gasteiger partial charge in [0.1, 0.15) is 0 Å². The molecule has 2 aromatic carbocycles. The Morgan fingerprint density at radius 2 is 1.81 bits per heavy atom. The Kier molecular flexibility index (Phi) is 4.70. The molecule has 21 heavy (non-hydrogen) atoms. The van der Waals surface area contributed by atoms with Crippen LogP contribution in [0.15, 0.2) is 48.5 Å². The van der Waals surface area contributed by atoms with Gasteiger partial charge in [-0.15, -0.1) is 0 Å². The minimum absolute atomic E-state index is 0.295. The van der Waals surface area contributed by atoms with Crippen molar-refractivity contribution < 1.29 is 9.90 Å². The zero-order valence-electron chi connectivity index (χ0n) is 11.8. The molecule has 0 bridgehead atoms. The van der Waals surface area contributed by atoms with Gasteiger partial charge in [0.25, 0.3) is 0 Å². The second kappa shape index (κ2) is 6.69. The van der Waals surface area contributed by atoms with E-state index in [2.05, 4.69) is 11.0 Å². The van der Waals surface area contributed by atoms with Gasteiger partial charge in [-0.3, -0.25) is 4.90 Å². The zero-order chi connectivity index (χ0) is 15.2. The van der Waals surface area contributed by atoms with E-state index in [4.69, 9.17) is 10.4 Å². The lowest BCUT2D eigenvalue weighted by Crippen LogP contribution is -2.17. The fraction of sp³-hybridized carbons (Fsp3) is 0.176. The second-order valence-corrected chi connectivity index (χ2v) is 4.99. The van der Waals surface area contributed by atoms with Crippen LogP contribution in [0, 0.1) is 11.3 Å². The van der Waals surface area contributed by atoms with Crippen molar-refractivity contribution in [2.75, 3.05) is 7.05 Å². The highest BCUT2D eigenvalue weighted by Gasteiger charge is 2.05. The summed E-state index contributed by atoms with van der Waals surface area (Å²) in [5.41, 5.74) is 3.09. The molecule has 0 aliphatic carbocycles. The molecule has 0 radical (unpaired) electrons. The van der Waals surface area contributed by atoms with Crippen LogP contribution in [0.2, 0.25) is 0 Å². The molecule has 4 nitrogen and oxygen atoms in total. The lowest BCUT2D eigenvalue weighted by atomic mass is 10.1. The van der Waals surface area contributed by atoms with Gasteiger partial charge in [-0.1, -0.05) is 24.3 Å². The summed E-state index contributed by atoms with van der Waals surface area (Å²) in [6.07, 6.45) is 0. The molecule has 106 valence electrons. The van der Waals surface area contributed by atoms with Gasteiger partial charge in [0, 0.05) is 13.1 Å². The molecule has 0 saturated heterocycles. The Hall–Kier alpha value is -2.64. The average Bonchev–Trinajstić information content (AvgIpc) is 2.47. The predicted molar refractivity (Wildman–Crippen MR) is 79.7 cm³/mol. The van der Waals surface area contributed by atoms with E-state index in [0.717, 1.165) is 24.2 Å². The normalized spacial score (nSPS) is 10.3. The van der Waals surface area contributed by atoms with Crippen molar-refractivity contribution >= 4 is 5.97 Å². The number of rotatable bonds is 5. The number of carboxylic acid groups (broad SMARTS) is 1. The smallest absolute Gasteiger partial charge is 0.335 e. The Labute approximate surface area is 123 Å². The molecule has 0 spiro atoms. The van der Waals surface area contributed by atoms with Crippen molar-refractivity contribution in [3.63, 3.8) is 0 Å². The van der Waals surface area contributed by atoms with E-state index in [-0.39, 0.29) is 0 Å². The van der Waals surface area contributed by atoms with Gasteiger partial charge in [0.15, 0.2) is 0 Å². The second-order valence-electron chi connectivity index (χ2n) is 4.99. The molecule has 2 aromatic rings. The molecule has 0 amide bonds. The van der Waals surface area contributed by atoms with Gasteiger partial charge >= 0.3 is 5.97 Å². The SMILES string of the molecule is CN(Cc1ccc(C(=O)O)cc1)Cc1cccc(C#N)c1. The molecule has 0 aromatic heterocycles. The van der Waals surface area contributed by atoms with E-state index < -0.39 is 5.97 Å². The van der Waals surface area contributed by atoms with Crippen molar-refractivity contribution in [3.05, 3.63) is 70.8 Å². The number of nitrogens with zero attached hydrogens (tertiary/aromatic N) is 2. The number of carbonyl (C=O) groups is 1. The van der Waals surface area contributed by atoms with E-state index >= 15 is 0 Å². The van der Waals surface area contributed by atoms with Crippen LogP contribution in [-0.2, 0) is 13.1 Å². The minimum Gasteiger partial charge on any atom is -0.478 e. The molecule has 0 saturated carbocycles. The van der Waals surface area contributed by atoms with Gasteiger partial charge in [0.05, 0.1) is 17.2 Å². The Bertz CT molecular complexity index is 672. The van der Waals surface area contributed by atoms with Crippen LogP contribution in [0.3, 0.4) is 0 Å². The third-order valence-electron chi connectivity index (χ3n) is 3.16. The summed E-state index contributed by atoms with van der Waals surface area (Å²) in [4.78, 5) is 12.9. The number of benzene rings is 2.